The maximum Gasteiger partial charge on any atom is 0.269 e. The van der Waals surface area contributed by atoms with E-state index in [9.17, 15) is 14.9 Å². The first-order valence-electron chi connectivity index (χ1n) is 6.46. The zero-order chi connectivity index (χ0) is 16.1. The lowest BCUT2D eigenvalue weighted by Crippen LogP contribution is -2.12. The number of nitro groups is 1. The van der Waals surface area contributed by atoms with Crippen molar-refractivity contribution in [2.24, 2.45) is 0 Å². The zero-order valence-corrected chi connectivity index (χ0v) is 12.5. The first-order chi connectivity index (χ1) is 10.5. The number of nitrogens with zero attached hydrogens (tertiary/aromatic N) is 1. The Morgan fingerprint density at radius 1 is 1.23 bits per heavy atom. The molecule has 1 amide bonds. The van der Waals surface area contributed by atoms with Crippen LogP contribution in [-0.2, 0) is 4.79 Å². The predicted octanol–water partition coefficient (Wildman–Crippen LogP) is 4.12. The average molecular weight is 317 g/mol. The summed E-state index contributed by atoms with van der Waals surface area (Å²) in [6, 6.07) is 13.4. The lowest BCUT2D eigenvalue weighted by Gasteiger charge is -2.07. The maximum atomic E-state index is 12.0. The van der Waals surface area contributed by atoms with Gasteiger partial charge in [0.05, 0.1) is 4.92 Å². The van der Waals surface area contributed by atoms with Gasteiger partial charge in [0, 0.05) is 17.8 Å². The van der Waals surface area contributed by atoms with Crippen LogP contribution in [-0.4, -0.2) is 10.8 Å². The molecule has 0 aliphatic carbocycles. The molecule has 1 N–H and O–H groups in total. The molecule has 0 saturated heterocycles. The van der Waals surface area contributed by atoms with Gasteiger partial charge in [-0.25, -0.2) is 0 Å². The number of non-ortho nitro benzene ring substituents is 1. The predicted molar refractivity (Wildman–Crippen MR) is 86.7 cm³/mol. The Bertz CT molecular complexity index is 742. The molecular formula is C16H13ClN2O3. The van der Waals surface area contributed by atoms with E-state index in [2.05, 4.69) is 5.32 Å². The number of hydrogen-bond acceptors (Lipinski definition) is 3. The average Bonchev–Trinajstić information content (AvgIpc) is 2.50. The molecule has 2 aromatic rings. The fourth-order valence-corrected chi connectivity index (χ4v) is 2.02. The van der Waals surface area contributed by atoms with E-state index in [-0.39, 0.29) is 10.7 Å². The molecule has 2 aromatic carbocycles. The molecule has 6 heteroatoms. The van der Waals surface area contributed by atoms with Crippen LogP contribution in [0.15, 0.2) is 53.6 Å². The van der Waals surface area contributed by atoms with Crippen molar-refractivity contribution < 1.29 is 9.72 Å². The molecule has 0 radical (unpaired) electrons. The van der Waals surface area contributed by atoms with Crippen LogP contribution in [0.2, 0.25) is 0 Å². The number of carbonyl (C=O) groups is 1. The van der Waals surface area contributed by atoms with E-state index in [1.165, 1.54) is 18.2 Å². The highest BCUT2D eigenvalue weighted by molar-refractivity contribution is 6.45. The first kappa shape index (κ1) is 15.7. The van der Waals surface area contributed by atoms with E-state index >= 15 is 0 Å². The van der Waals surface area contributed by atoms with Gasteiger partial charge in [-0.3, -0.25) is 14.9 Å². The molecule has 0 aliphatic rings. The number of rotatable bonds is 4. The highest BCUT2D eigenvalue weighted by Gasteiger charge is 2.12. The van der Waals surface area contributed by atoms with Gasteiger partial charge in [-0.05, 0) is 30.2 Å². The summed E-state index contributed by atoms with van der Waals surface area (Å²) in [6.07, 6.45) is 1.55. The van der Waals surface area contributed by atoms with Crippen molar-refractivity contribution in [3.05, 3.63) is 74.8 Å². The van der Waals surface area contributed by atoms with Crippen LogP contribution < -0.4 is 5.32 Å². The number of nitrogens with one attached hydrogen (secondary N) is 1. The van der Waals surface area contributed by atoms with E-state index in [0.29, 0.717) is 11.3 Å². The molecule has 0 fully saturated rings. The Labute approximate surface area is 132 Å². The smallest absolute Gasteiger partial charge is 0.269 e. The van der Waals surface area contributed by atoms with Crippen molar-refractivity contribution in [2.45, 2.75) is 6.92 Å². The summed E-state index contributed by atoms with van der Waals surface area (Å²) in [5, 5.41) is 13.4. The first-order valence-corrected chi connectivity index (χ1v) is 6.84. The molecule has 22 heavy (non-hydrogen) atoms. The van der Waals surface area contributed by atoms with E-state index in [4.69, 9.17) is 11.6 Å². The van der Waals surface area contributed by atoms with Gasteiger partial charge in [-0.2, -0.15) is 0 Å². The number of carbonyl (C=O) groups excluding carboxylic acids is 1. The summed E-state index contributed by atoms with van der Waals surface area (Å²) in [5.74, 6) is -0.470. The molecule has 2 rings (SSSR count). The molecule has 0 bridgehead atoms. The Hall–Kier alpha value is -2.66. The third-order valence-corrected chi connectivity index (χ3v) is 3.26. The summed E-state index contributed by atoms with van der Waals surface area (Å²) >= 11 is 5.99. The Morgan fingerprint density at radius 2 is 1.91 bits per heavy atom. The minimum Gasteiger partial charge on any atom is -0.321 e. The van der Waals surface area contributed by atoms with Gasteiger partial charge in [0.2, 0.25) is 0 Å². The van der Waals surface area contributed by atoms with Gasteiger partial charge in [0.1, 0.15) is 5.03 Å². The van der Waals surface area contributed by atoms with Crippen molar-refractivity contribution >= 4 is 35.0 Å². The van der Waals surface area contributed by atoms with E-state index in [0.717, 1.165) is 5.56 Å². The second-order valence-corrected chi connectivity index (χ2v) is 5.02. The number of anilines is 1. The normalized spacial score (nSPS) is 11.1. The third kappa shape index (κ3) is 3.93. The van der Waals surface area contributed by atoms with Crippen LogP contribution in [0.25, 0.3) is 6.08 Å². The maximum absolute atomic E-state index is 12.0. The third-order valence-electron chi connectivity index (χ3n) is 2.98. The Balaban J connectivity index is 2.15. The quantitative estimate of drug-likeness (QED) is 0.524. The zero-order valence-electron chi connectivity index (χ0n) is 11.7. The summed E-state index contributed by atoms with van der Waals surface area (Å²) < 4.78 is 0. The second kappa shape index (κ2) is 6.87. The summed E-state index contributed by atoms with van der Waals surface area (Å²) in [4.78, 5) is 22.2. The fraction of sp³-hybridized carbons (Fsp3) is 0.0625. The minimum atomic E-state index is -0.485. The van der Waals surface area contributed by atoms with Crippen molar-refractivity contribution in [2.75, 3.05) is 5.32 Å². The SMILES string of the molecule is Cc1cc([N+](=O)[O-])ccc1NC(=O)/C(Cl)=C/c1ccccc1. The summed E-state index contributed by atoms with van der Waals surface area (Å²) in [7, 11) is 0. The van der Waals surface area contributed by atoms with Gasteiger partial charge in [0.25, 0.3) is 11.6 Å². The van der Waals surface area contributed by atoms with Crippen LogP contribution in [0.4, 0.5) is 11.4 Å². The van der Waals surface area contributed by atoms with E-state index < -0.39 is 10.8 Å². The molecule has 112 valence electrons. The molecule has 0 saturated carbocycles. The van der Waals surface area contributed by atoms with Crippen LogP contribution >= 0.6 is 11.6 Å². The molecule has 5 nitrogen and oxygen atoms in total. The summed E-state index contributed by atoms with van der Waals surface area (Å²) in [5.41, 5.74) is 1.85. The summed E-state index contributed by atoms with van der Waals surface area (Å²) in [6.45, 7) is 1.68. The van der Waals surface area contributed by atoms with Crippen molar-refractivity contribution in [1.82, 2.24) is 0 Å². The van der Waals surface area contributed by atoms with Gasteiger partial charge in [0.15, 0.2) is 0 Å². The lowest BCUT2D eigenvalue weighted by molar-refractivity contribution is -0.384. The van der Waals surface area contributed by atoms with Gasteiger partial charge in [-0.15, -0.1) is 0 Å². The molecule has 0 heterocycles. The number of halogens is 1. The Morgan fingerprint density at radius 3 is 2.50 bits per heavy atom. The van der Waals surface area contributed by atoms with Crippen LogP contribution in [0, 0.1) is 17.0 Å². The number of benzene rings is 2. The number of nitro benzene ring substituents is 1. The number of amides is 1. The van der Waals surface area contributed by atoms with Crippen molar-refractivity contribution in [3.8, 4) is 0 Å². The number of hydrogen-bond donors (Lipinski definition) is 1. The molecule has 0 atom stereocenters. The molecule has 0 aliphatic heterocycles. The van der Waals surface area contributed by atoms with Crippen LogP contribution in [0.5, 0.6) is 0 Å². The van der Waals surface area contributed by atoms with Crippen molar-refractivity contribution in [1.29, 1.82) is 0 Å². The van der Waals surface area contributed by atoms with Gasteiger partial charge in [-0.1, -0.05) is 41.9 Å². The largest absolute Gasteiger partial charge is 0.321 e. The molecular weight excluding hydrogens is 304 g/mol. The second-order valence-electron chi connectivity index (χ2n) is 4.61. The van der Waals surface area contributed by atoms with E-state index in [1.807, 2.05) is 30.3 Å². The lowest BCUT2D eigenvalue weighted by atomic mass is 10.1. The topological polar surface area (TPSA) is 72.2 Å². The van der Waals surface area contributed by atoms with E-state index in [1.54, 1.807) is 13.0 Å². The van der Waals surface area contributed by atoms with Gasteiger partial charge < -0.3 is 5.32 Å². The monoisotopic (exact) mass is 316 g/mol. The molecule has 0 aromatic heterocycles. The van der Waals surface area contributed by atoms with Gasteiger partial charge >= 0.3 is 0 Å². The highest BCUT2D eigenvalue weighted by atomic mass is 35.5. The number of aryl methyl sites for hydroxylation is 1. The fourth-order valence-electron chi connectivity index (χ4n) is 1.84. The highest BCUT2D eigenvalue weighted by Crippen LogP contribution is 2.22. The van der Waals surface area contributed by atoms with Crippen molar-refractivity contribution in [3.63, 3.8) is 0 Å². The standard InChI is InChI=1S/C16H13ClN2O3/c1-11-9-13(19(21)22)7-8-15(11)18-16(20)14(17)10-12-5-3-2-4-6-12/h2-10H,1H3,(H,18,20)/b14-10-. The molecule has 0 spiro atoms. The Kier molecular flexibility index (Phi) is 4.91. The van der Waals surface area contributed by atoms with Crippen LogP contribution in [0.1, 0.15) is 11.1 Å². The molecule has 0 unspecified atom stereocenters. The van der Waals surface area contributed by atoms with Crippen LogP contribution in [0.3, 0.4) is 0 Å². The minimum absolute atomic E-state index is 0.0265.